The zero-order valence-corrected chi connectivity index (χ0v) is 13.0. The van der Waals surface area contributed by atoms with E-state index in [0.29, 0.717) is 24.5 Å². The molecule has 1 N–H and O–H groups in total. The van der Waals surface area contributed by atoms with Crippen molar-refractivity contribution in [3.8, 4) is 11.3 Å². The number of nitrogens with zero attached hydrogens (tertiary/aromatic N) is 1. The summed E-state index contributed by atoms with van der Waals surface area (Å²) in [6.07, 6.45) is 2.65. The van der Waals surface area contributed by atoms with E-state index in [4.69, 9.17) is 9.15 Å². The standard InChI is InChI=1S/C17H18N2O4/c1-11(19-15(20)17(8-9-17)16(21)22-2)14-18-10-13(23-14)12-6-4-3-5-7-12/h3-7,10-11H,8-9H2,1-2H3,(H,19,20)/t11-/m1/s1. The quantitative estimate of drug-likeness (QED) is 0.677. The van der Waals surface area contributed by atoms with Crippen molar-refractivity contribution < 1.29 is 18.7 Å². The number of rotatable bonds is 5. The number of hydrogen-bond acceptors (Lipinski definition) is 5. The molecule has 0 saturated heterocycles. The van der Waals surface area contributed by atoms with Gasteiger partial charge in [-0.15, -0.1) is 0 Å². The third-order valence-electron chi connectivity index (χ3n) is 4.06. The van der Waals surface area contributed by atoms with E-state index in [1.54, 1.807) is 13.1 Å². The largest absolute Gasteiger partial charge is 0.468 e. The zero-order chi connectivity index (χ0) is 16.4. The highest BCUT2D eigenvalue weighted by Crippen LogP contribution is 2.47. The second-order valence-corrected chi connectivity index (χ2v) is 5.70. The molecule has 23 heavy (non-hydrogen) atoms. The summed E-state index contributed by atoms with van der Waals surface area (Å²) in [5, 5.41) is 2.78. The number of hydrogen-bond donors (Lipinski definition) is 1. The molecule has 6 nitrogen and oxygen atoms in total. The Kier molecular flexibility index (Phi) is 3.90. The number of esters is 1. The van der Waals surface area contributed by atoms with E-state index in [2.05, 4.69) is 10.3 Å². The van der Waals surface area contributed by atoms with Gasteiger partial charge in [-0.05, 0) is 19.8 Å². The molecule has 1 aliphatic rings. The predicted molar refractivity (Wildman–Crippen MR) is 82.2 cm³/mol. The molecule has 1 amide bonds. The summed E-state index contributed by atoms with van der Waals surface area (Å²) in [6.45, 7) is 1.77. The molecular formula is C17H18N2O4. The molecule has 0 radical (unpaired) electrons. The van der Waals surface area contributed by atoms with E-state index in [0.717, 1.165) is 5.56 Å². The van der Waals surface area contributed by atoms with Crippen molar-refractivity contribution in [1.29, 1.82) is 0 Å². The maximum atomic E-state index is 12.3. The van der Waals surface area contributed by atoms with Crippen LogP contribution in [0, 0.1) is 5.41 Å². The number of nitrogens with one attached hydrogen (secondary N) is 1. The third kappa shape index (κ3) is 2.84. The summed E-state index contributed by atoms with van der Waals surface area (Å²) in [6, 6.07) is 9.16. The Morgan fingerprint density at radius 3 is 2.61 bits per heavy atom. The van der Waals surface area contributed by atoms with Gasteiger partial charge in [-0.1, -0.05) is 30.3 Å². The van der Waals surface area contributed by atoms with Crippen molar-refractivity contribution >= 4 is 11.9 Å². The van der Waals surface area contributed by atoms with Gasteiger partial charge in [0.25, 0.3) is 0 Å². The molecule has 1 aliphatic carbocycles. The van der Waals surface area contributed by atoms with Crippen molar-refractivity contribution in [1.82, 2.24) is 10.3 Å². The molecule has 0 aliphatic heterocycles. The summed E-state index contributed by atoms with van der Waals surface area (Å²) in [5.74, 6) is 0.213. The fourth-order valence-electron chi connectivity index (χ4n) is 2.46. The van der Waals surface area contributed by atoms with Crippen molar-refractivity contribution in [2.24, 2.45) is 5.41 Å². The Labute approximate surface area is 133 Å². The first-order chi connectivity index (χ1) is 11.1. The molecule has 1 atom stereocenters. The van der Waals surface area contributed by atoms with Gasteiger partial charge in [-0.3, -0.25) is 9.59 Å². The smallest absolute Gasteiger partial charge is 0.321 e. The van der Waals surface area contributed by atoms with E-state index in [-0.39, 0.29) is 5.91 Å². The maximum absolute atomic E-state index is 12.3. The van der Waals surface area contributed by atoms with Crippen LogP contribution in [0.3, 0.4) is 0 Å². The van der Waals surface area contributed by atoms with Crippen LogP contribution in [0.25, 0.3) is 11.3 Å². The van der Waals surface area contributed by atoms with Crippen LogP contribution in [0.2, 0.25) is 0 Å². The fourth-order valence-corrected chi connectivity index (χ4v) is 2.46. The lowest BCUT2D eigenvalue weighted by molar-refractivity contribution is -0.152. The van der Waals surface area contributed by atoms with Gasteiger partial charge in [0.1, 0.15) is 11.5 Å². The Hall–Kier alpha value is -2.63. The summed E-state index contributed by atoms with van der Waals surface area (Å²) in [5.41, 5.74) is -0.115. The summed E-state index contributed by atoms with van der Waals surface area (Å²) >= 11 is 0. The lowest BCUT2D eigenvalue weighted by atomic mass is 10.1. The van der Waals surface area contributed by atoms with Crippen molar-refractivity contribution in [2.75, 3.05) is 7.11 Å². The molecule has 1 aromatic heterocycles. The first-order valence-electron chi connectivity index (χ1n) is 7.47. The number of aromatic nitrogens is 1. The topological polar surface area (TPSA) is 81.4 Å². The maximum Gasteiger partial charge on any atom is 0.321 e. The van der Waals surface area contributed by atoms with Gasteiger partial charge in [0.2, 0.25) is 11.8 Å². The highest BCUT2D eigenvalue weighted by Gasteiger charge is 2.58. The average Bonchev–Trinajstić information content (AvgIpc) is 3.24. The Bertz CT molecular complexity index is 719. The van der Waals surface area contributed by atoms with Gasteiger partial charge in [0.05, 0.1) is 13.3 Å². The lowest BCUT2D eigenvalue weighted by Gasteiger charge is -2.16. The van der Waals surface area contributed by atoms with Crippen LogP contribution in [0.1, 0.15) is 31.7 Å². The second kappa shape index (κ2) is 5.87. The lowest BCUT2D eigenvalue weighted by Crippen LogP contribution is -2.39. The van der Waals surface area contributed by atoms with Crippen LogP contribution in [0.4, 0.5) is 0 Å². The number of carbonyl (C=O) groups is 2. The van der Waals surface area contributed by atoms with E-state index in [1.807, 2.05) is 30.3 Å². The molecule has 0 unspecified atom stereocenters. The SMILES string of the molecule is COC(=O)C1(C(=O)N[C@H](C)c2ncc(-c3ccccc3)o2)CC1. The molecule has 6 heteroatoms. The highest BCUT2D eigenvalue weighted by atomic mass is 16.5. The van der Waals surface area contributed by atoms with Crippen LogP contribution in [0.5, 0.6) is 0 Å². The molecule has 0 bridgehead atoms. The summed E-state index contributed by atoms with van der Waals surface area (Å²) in [7, 11) is 1.29. The van der Waals surface area contributed by atoms with Gasteiger partial charge >= 0.3 is 5.97 Å². The van der Waals surface area contributed by atoms with Crippen LogP contribution >= 0.6 is 0 Å². The number of ether oxygens (including phenoxy) is 1. The monoisotopic (exact) mass is 314 g/mol. The number of oxazole rings is 1. The second-order valence-electron chi connectivity index (χ2n) is 5.70. The number of benzene rings is 1. The molecule has 120 valence electrons. The fraction of sp³-hybridized carbons (Fsp3) is 0.353. The third-order valence-corrected chi connectivity index (χ3v) is 4.06. The van der Waals surface area contributed by atoms with E-state index >= 15 is 0 Å². The summed E-state index contributed by atoms with van der Waals surface area (Å²) in [4.78, 5) is 28.2. The molecule has 1 saturated carbocycles. The number of carbonyl (C=O) groups excluding carboxylic acids is 2. The predicted octanol–water partition coefficient (Wildman–Crippen LogP) is 2.47. The molecule has 3 rings (SSSR count). The average molecular weight is 314 g/mol. The van der Waals surface area contributed by atoms with Crippen molar-refractivity contribution in [3.05, 3.63) is 42.4 Å². The molecule has 1 heterocycles. The van der Waals surface area contributed by atoms with E-state index in [9.17, 15) is 9.59 Å². The first-order valence-corrected chi connectivity index (χ1v) is 7.47. The van der Waals surface area contributed by atoms with Crippen LogP contribution in [-0.2, 0) is 14.3 Å². The minimum Gasteiger partial charge on any atom is -0.468 e. The van der Waals surface area contributed by atoms with Crippen LogP contribution < -0.4 is 5.32 Å². The number of methoxy groups -OCH3 is 1. The van der Waals surface area contributed by atoms with E-state index in [1.165, 1.54) is 7.11 Å². The van der Waals surface area contributed by atoms with Crippen molar-refractivity contribution in [3.63, 3.8) is 0 Å². The highest BCUT2D eigenvalue weighted by molar-refractivity contribution is 6.05. The Morgan fingerprint density at radius 2 is 2.00 bits per heavy atom. The van der Waals surface area contributed by atoms with Gasteiger partial charge in [-0.25, -0.2) is 4.98 Å². The van der Waals surface area contributed by atoms with Crippen molar-refractivity contribution in [2.45, 2.75) is 25.8 Å². The normalized spacial score (nSPS) is 16.4. The van der Waals surface area contributed by atoms with Gasteiger partial charge in [0.15, 0.2) is 5.76 Å². The minimum absolute atomic E-state index is 0.337. The van der Waals surface area contributed by atoms with Crippen LogP contribution in [-0.4, -0.2) is 24.0 Å². The molecular weight excluding hydrogens is 296 g/mol. The first kappa shape index (κ1) is 15.3. The van der Waals surface area contributed by atoms with Gasteiger partial charge in [-0.2, -0.15) is 0 Å². The number of amides is 1. The molecule has 2 aromatic rings. The molecule has 1 aromatic carbocycles. The zero-order valence-electron chi connectivity index (χ0n) is 13.0. The Balaban J connectivity index is 1.70. The van der Waals surface area contributed by atoms with Gasteiger partial charge in [0, 0.05) is 5.56 Å². The van der Waals surface area contributed by atoms with Gasteiger partial charge < -0.3 is 14.5 Å². The molecule has 0 spiro atoms. The summed E-state index contributed by atoms with van der Waals surface area (Å²) < 4.78 is 10.4. The minimum atomic E-state index is -1.03. The van der Waals surface area contributed by atoms with Crippen LogP contribution in [0.15, 0.2) is 40.9 Å². The van der Waals surface area contributed by atoms with E-state index < -0.39 is 17.4 Å². The Morgan fingerprint density at radius 1 is 1.30 bits per heavy atom. The molecule has 1 fully saturated rings.